The molecule has 6 heteroatoms. The molecule has 1 aromatic carbocycles. The van der Waals surface area contributed by atoms with Crippen LogP contribution in [0, 0.1) is 0 Å². The Morgan fingerprint density at radius 2 is 1.85 bits per heavy atom. The predicted octanol–water partition coefficient (Wildman–Crippen LogP) is 2.17. The third kappa shape index (κ3) is 3.67. The lowest BCUT2D eigenvalue weighted by molar-refractivity contribution is -0.0715. The Morgan fingerprint density at radius 1 is 1.12 bits per heavy atom. The summed E-state index contributed by atoms with van der Waals surface area (Å²) in [6, 6.07) is 5.79. The molecular weight excluding hydrogens is 332 g/mol. The van der Waals surface area contributed by atoms with Crippen LogP contribution in [0.1, 0.15) is 37.0 Å². The average Bonchev–Trinajstić information content (AvgIpc) is 3.08. The topological polar surface area (TPSA) is 51.2 Å². The summed E-state index contributed by atoms with van der Waals surface area (Å²) in [5.74, 6) is 1.49. The van der Waals surface area contributed by atoms with E-state index in [4.69, 9.17) is 14.2 Å². The van der Waals surface area contributed by atoms with Crippen molar-refractivity contribution in [3.63, 3.8) is 0 Å². The molecule has 0 unspecified atom stereocenters. The van der Waals surface area contributed by atoms with Gasteiger partial charge in [0.1, 0.15) is 13.2 Å². The van der Waals surface area contributed by atoms with E-state index in [1.54, 1.807) is 0 Å². The average molecular weight is 360 g/mol. The van der Waals surface area contributed by atoms with Crippen LogP contribution in [0.4, 0.5) is 0 Å². The van der Waals surface area contributed by atoms with Crippen LogP contribution >= 0.6 is 0 Å². The van der Waals surface area contributed by atoms with E-state index in [1.807, 2.05) is 23.1 Å². The van der Waals surface area contributed by atoms with Crippen molar-refractivity contribution in [2.75, 3.05) is 39.4 Å². The van der Waals surface area contributed by atoms with E-state index in [2.05, 4.69) is 18.7 Å². The van der Waals surface area contributed by atoms with E-state index in [0.29, 0.717) is 24.5 Å². The second-order valence-corrected chi connectivity index (χ2v) is 7.63. The van der Waals surface area contributed by atoms with Crippen LogP contribution in [0.2, 0.25) is 0 Å². The van der Waals surface area contributed by atoms with E-state index >= 15 is 0 Å². The van der Waals surface area contributed by atoms with Gasteiger partial charge in [0, 0.05) is 37.8 Å². The molecule has 3 heterocycles. The fourth-order valence-electron chi connectivity index (χ4n) is 4.37. The zero-order valence-corrected chi connectivity index (χ0v) is 15.6. The third-order valence-electron chi connectivity index (χ3n) is 5.39. The van der Waals surface area contributed by atoms with Gasteiger partial charge in [-0.3, -0.25) is 9.69 Å². The van der Waals surface area contributed by atoms with Crippen molar-refractivity contribution in [2.45, 2.75) is 44.9 Å². The molecule has 0 bridgehead atoms. The van der Waals surface area contributed by atoms with Gasteiger partial charge in [0.25, 0.3) is 5.91 Å². The molecule has 0 aromatic heterocycles. The smallest absolute Gasteiger partial charge is 0.254 e. The number of likely N-dealkylation sites (tertiary alicyclic amines) is 1. The van der Waals surface area contributed by atoms with Crippen LogP contribution in [-0.4, -0.2) is 73.3 Å². The predicted molar refractivity (Wildman–Crippen MR) is 97.9 cm³/mol. The number of morpholine rings is 1. The minimum Gasteiger partial charge on any atom is -0.486 e. The molecule has 6 nitrogen and oxygen atoms in total. The molecule has 1 amide bonds. The van der Waals surface area contributed by atoms with Crippen LogP contribution < -0.4 is 9.47 Å². The van der Waals surface area contributed by atoms with Crippen molar-refractivity contribution < 1.29 is 19.0 Å². The first-order valence-electron chi connectivity index (χ1n) is 9.68. The van der Waals surface area contributed by atoms with Crippen LogP contribution in [0.15, 0.2) is 18.2 Å². The van der Waals surface area contributed by atoms with Gasteiger partial charge >= 0.3 is 0 Å². The maximum atomic E-state index is 13.1. The quantitative estimate of drug-likeness (QED) is 0.827. The van der Waals surface area contributed by atoms with E-state index in [-0.39, 0.29) is 24.2 Å². The summed E-state index contributed by atoms with van der Waals surface area (Å²) >= 11 is 0. The van der Waals surface area contributed by atoms with Gasteiger partial charge < -0.3 is 19.1 Å². The molecular formula is C20H28N2O4. The molecule has 0 aliphatic carbocycles. The van der Waals surface area contributed by atoms with Gasteiger partial charge in [-0.15, -0.1) is 0 Å². The summed E-state index contributed by atoms with van der Waals surface area (Å²) in [4.78, 5) is 17.6. The maximum Gasteiger partial charge on any atom is 0.254 e. The fourth-order valence-corrected chi connectivity index (χ4v) is 4.37. The SMILES string of the molecule is C[C@@H]1CN(C[C@@H]2CCCN2C(=O)c2ccc3c(c2)OCCO3)C[C@H](C)O1. The highest BCUT2D eigenvalue weighted by molar-refractivity contribution is 5.95. The van der Waals surface area contributed by atoms with Crippen molar-refractivity contribution in [3.05, 3.63) is 23.8 Å². The first-order valence-corrected chi connectivity index (χ1v) is 9.68. The number of nitrogens with zero attached hydrogens (tertiary/aromatic N) is 2. The molecule has 0 radical (unpaired) electrons. The molecule has 3 atom stereocenters. The Morgan fingerprint density at radius 3 is 2.62 bits per heavy atom. The van der Waals surface area contributed by atoms with Gasteiger partial charge in [-0.05, 0) is 44.9 Å². The normalized spacial score (nSPS) is 29.0. The highest BCUT2D eigenvalue weighted by atomic mass is 16.6. The summed E-state index contributed by atoms with van der Waals surface area (Å²) in [5, 5.41) is 0. The van der Waals surface area contributed by atoms with Gasteiger partial charge in [-0.25, -0.2) is 0 Å². The highest BCUT2D eigenvalue weighted by Crippen LogP contribution is 2.32. The zero-order chi connectivity index (χ0) is 18.1. The summed E-state index contributed by atoms with van der Waals surface area (Å²) in [7, 11) is 0. The first-order chi connectivity index (χ1) is 12.6. The number of hydrogen-bond acceptors (Lipinski definition) is 5. The number of amides is 1. The van der Waals surface area contributed by atoms with Gasteiger partial charge in [0.15, 0.2) is 11.5 Å². The van der Waals surface area contributed by atoms with Gasteiger partial charge in [-0.2, -0.15) is 0 Å². The van der Waals surface area contributed by atoms with Crippen LogP contribution in [0.5, 0.6) is 11.5 Å². The van der Waals surface area contributed by atoms with E-state index < -0.39 is 0 Å². The molecule has 2 saturated heterocycles. The fraction of sp³-hybridized carbons (Fsp3) is 0.650. The number of carbonyl (C=O) groups is 1. The van der Waals surface area contributed by atoms with Crippen LogP contribution in [0.25, 0.3) is 0 Å². The van der Waals surface area contributed by atoms with E-state index in [1.165, 1.54) is 0 Å². The summed E-state index contributed by atoms with van der Waals surface area (Å²) in [5.41, 5.74) is 0.685. The van der Waals surface area contributed by atoms with Crippen LogP contribution in [0.3, 0.4) is 0 Å². The number of ether oxygens (including phenoxy) is 3. The lowest BCUT2D eigenvalue weighted by Gasteiger charge is -2.38. The standard InChI is InChI=1S/C20H28N2O4/c1-14-11-21(12-15(2)26-14)13-17-4-3-7-22(17)20(23)16-5-6-18-19(10-16)25-9-8-24-18/h5-6,10,14-15,17H,3-4,7-9,11-13H2,1-2H3/t14-,15+,17-/m0/s1. The molecule has 1 aromatic rings. The Labute approximate surface area is 155 Å². The number of hydrogen-bond donors (Lipinski definition) is 0. The Bertz CT molecular complexity index is 655. The Kier molecular flexibility index (Phi) is 5.05. The zero-order valence-electron chi connectivity index (χ0n) is 15.6. The second kappa shape index (κ2) is 7.45. The Hall–Kier alpha value is -1.79. The highest BCUT2D eigenvalue weighted by Gasteiger charge is 2.33. The van der Waals surface area contributed by atoms with Crippen molar-refractivity contribution in [3.8, 4) is 11.5 Å². The van der Waals surface area contributed by atoms with Crippen molar-refractivity contribution >= 4 is 5.91 Å². The number of rotatable bonds is 3. The number of fused-ring (bicyclic) bond motifs is 1. The maximum absolute atomic E-state index is 13.1. The van der Waals surface area contributed by atoms with Crippen LogP contribution in [-0.2, 0) is 4.74 Å². The minimum atomic E-state index is 0.0961. The van der Waals surface area contributed by atoms with Gasteiger partial charge in [0.05, 0.1) is 12.2 Å². The number of benzene rings is 1. The van der Waals surface area contributed by atoms with Crippen molar-refractivity contribution in [2.24, 2.45) is 0 Å². The molecule has 142 valence electrons. The lowest BCUT2D eigenvalue weighted by Crippen LogP contribution is -2.50. The monoisotopic (exact) mass is 360 g/mol. The van der Waals surface area contributed by atoms with E-state index in [9.17, 15) is 4.79 Å². The molecule has 3 aliphatic rings. The van der Waals surface area contributed by atoms with Gasteiger partial charge in [0.2, 0.25) is 0 Å². The molecule has 26 heavy (non-hydrogen) atoms. The molecule has 2 fully saturated rings. The van der Waals surface area contributed by atoms with E-state index in [0.717, 1.165) is 44.8 Å². The summed E-state index contributed by atoms with van der Waals surface area (Å²) in [6.45, 7) is 8.96. The van der Waals surface area contributed by atoms with Gasteiger partial charge in [-0.1, -0.05) is 0 Å². The molecule has 0 saturated carbocycles. The molecule has 0 N–H and O–H groups in total. The lowest BCUT2D eigenvalue weighted by atomic mass is 10.1. The largest absolute Gasteiger partial charge is 0.486 e. The second-order valence-electron chi connectivity index (χ2n) is 7.63. The van der Waals surface area contributed by atoms with Crippen molar-refractivity contribution in [1.29, 1.82) is 0 Å². The third-order valence-corrected chi connectivity index (χ3v) is 5.39. The Balaban J connectivity index is 1.45. The molecule has 3 aliphatic heterocycles. The number of carbonyl (C=O) groups excluding carboxylic acids is 1. The minimum absolute atomic E-state index is 0.0961. The van der Waals surface area contributed by atoms with Crippen molar-refractivity contribution in [1.82, 2.24) is 9.80 Å². The molecule has 4 rings (SSSR count). The summed E-state index contributed by atoms with van der Waals surface area (Å²) < 4.78 is 17.0. The summed E-state index contributed by atoms with van der Waals surface area (Å²) in [6.07, 6.45) is 2.64. The molecule has 0 spiro atoms. The first kappa shape index (κ1) is 17.6.